The van der Waals surface area contributed by atoms with E-state index >= 15 is 8.78 Å². The molecule has 14 heteroatoms. The summed E-state index contributed by atoms with van der Waals surface area (Å²) in [7, 11) is -0.804. The topological polar surface area (TPSA) is 130 Å². The molecule has 4 heterocycles. The van der Waals surface area contributed by atoms with E-state index in [1.54, 1.807) is 18.2 Å². The van der Waals surface area contributed by atoms with Crippen molar-refractivity contribution in [1.82, 2.24) is 19.9 Å². The van der Waals surface area contributed by atoms with E-state index in [9.17, 15) is 15.0 Å². The molecule has 2 atom stereocenters. The number of rotatable bonds is 12. The van der Waals surface area contributed by atoms with E-state index < -0.39 is 31.2 Å². The number of piperazine rings is 1. The lowest BCUT2D eigenvalue weighted by Gasteiger charge is -2.40. The molecule has 1 amide bonds. The first-order chi connectivity index (χ1) is 26.7. The normalized spacial score (nSPS) is 18.9. The predicted octanol–water partition coefficient (Wildman–Crippen LogP) is 8.16. The summed E-state index contributed by atoms with van der Waals surface area (Å²) in [6, 6.07) is 5.83. The highest BCUT2D eigenvalue weighted by Crippen LogP contribution is 2.46. The molecule has 2 aromatic heterocycles. The highest BCUT2D eigenvalue weighted by molar-refractivity contribution is 6.90. The van der Waals surface area contributed by atoms with E-state index in [2.05, 4.69) is 58.0 Å². The third-order valence-electron chi connectivity index (χ3n) is 12.4. The molecular weight excluding hydrogens is 737 g/mol. The van der Waals surface area contributed by atoms with Crippen LogP contribution in [0, 0.1) is 28.5 Å². The molecule has 2 bridgehead atoms. The fraction of sp³-hybridized carbons (Fsp3) is 0.524. The maximum atomic E-state index is 17.5. The fourth-order valence-electron chi connectivity index (χ4n) is 9.18. The van der Waals surface area contributed by atoms with Gasteiger partial charge in [-0.2, -0.15) is 9.97 Å². The molecular formula is C42H51F2N5O6Si. The number of benzene rings is 2. The summed E-state index contributed by atoms with van der Waals surface area (Å²) in [5, 5.41) is 21.2. The Balaban J connectivity index is 1.43. The average Bonchev–Trinajstić information content (AvgIpc) is 3.90. The van der Waals surface area contributed by atoms with Gasteiger partial charge in [0.15, 0.2) is 12.6 Å². The minimum Gasteiger partial charge on any atom is -0.468 e. The van der Waals surface area contributed by atoms with Gasteiger partial charge in [0.1, 0.15) is 36.7 Å². The number of pyridine rings is 1. The van der Waals surface area contributed by atoms with Crippen molar-refractivity contribution in [2.24, 2.45) is 5.41 Å². The molecule has 2 unspecified atom stereocenters. The Hall–Kier alpha value is -4.58. The van der Waals surface area contributed by atoms with Gasteiger partial charge in [0.25, 0.3) is 0 Å². The van der Waals surface area contributed by atoms with E-state index in [4.69, 9.17) is 24.2 Å². The van der Waals surface area contributed by atoms with Crippen LogP contribution in [0.1, 0.15) is 72.8 Å². The first kappa shape index (κ1) is 39.6. The highest BCUT2D eigenvalue weighted by atomic mass is 28.3. The molecule has 0 spiro atoms. The summed E-state index contributed by atoms with van der Waals surface area (Å²) in [4.78, 5) is 29.6. The van der Waals surface area contributed by atoms with Crippen LogP contribution in [-0.4, -0.2) is 96.5 Å². The number of aliphatic hydroxyl groups is 1. The number of hydrogen-bond donors (Lipinski definition) is 2. The summed E-state index contributed by atoms with van der Waals surface area (Å²) in [5.74, 6) is 2.77. The predicted molar refractivity (Wildman–Crippen MR) is 214 cm³/mol. The van der Waals surface area contributed by atoms with Crippen LogP contribution in [0.3, 0.4) is 0 Å². The minimum atomic E-state index is -2.30. The quantitative estimate of drug-likeness (QED) is 0.0824. The molecule has 7 rings (SSSR count). The summed E-state index contributed by atoms with van der Waals surface area (Å²) in [6.45, 7) is 13.9. The van der Waals surface area contributed by atoms with Gasteiger partial charge < -0.3 is 29.3 Å². The molecule has 2 N–H and O–H groups in total. The number of carboxylic acid groups (broad SMARTS) is 1. The van der Waals surface area contributed by atoms with Crippen molar-refractivity contribution in [3.8, 4) is 34.5 Å². The van der Waals surface area contributed by atoms with E-state index in [-0.39, 0.29) is 60.4 Å². The van der Waals surface area contributed by atoms with Gasteiger partial charge in [0.2, 0.25) is 0 Å². The number of anilines is 1. The summed E-state index contributed by atoms with van der Waals surface area (Å²) >= 11 is 0. The second-order valence-electron chi connectivity index (χ2n) is 16.6. The first-order valence-electron chi connectivity index (χ1n) is 19.5. The number of halogens is 2. The number of nitrogens with zero attached hydrogens (tertiary/aromatic N) is 5. The smallest absolute Gasteiger partial charge is 0.407 e. The Morgan fingerprint density at radius 2 is 1.70 bits per heavy atom. The van der Waals surface area contributed by atoms with Crippen LogP contribution in [0.25, 0.3) is 32.9 Å². The van der Waals surface area contributed by atoms with Gasteiger partial charge in [-0.3, -0.25) is 9.88 Å². The zero-order chi connectivity index (χ0) is 40.1. The number of carbonyl (C=O) groups is 1. The van der Waals surface area contributed by atoms with E-state index in [0.29, 0.717) is 70.3 Å². The summed E-state index contributed by atoms with van der Waals surface area (Å²) < 4.78 is 50.8. The Morgan fingerprint density at radius 3 is 2.29 bits per heavy atom. The van der Waals surface area contributed by atoms with Crippen LogP contribution in [0.4, 0.5) is 19.4 Å². The lowest BCUT2D eigenvalue weighted by atomic mass is 9.95. The summed E-state index contributed by atoms with van der Waals surface area (Å²) in [5.41, 5.74) is 4.47. The van der Waals surface area contributed by atoms with Crippen molar-refractivity contribution in [2.75, 3.05) is 45.1 Å². The fourth-order valence-corrected chi connectivity index (χ4v) is 14.4. The maximum absolute atomic E-state index is 17.5. The van der Waals surface area contributed by atoms with Crippen LogP contribution < -0.4 is 14.4 Å². The van der Waals surface area contributed by atoms with Crippen molar-refractivity contribution in [3.63, 3.8) is 0 Å². The van der Waals surface area contributed by atoms with Gasteiger partial charge in [0, 0.05) is 42.8 Å². The molecule has 2 saturated heterocycles. The van der Waals surface area contributed by atoms with Crippen molar-refractivity contribution < 1.29 is 38.0 Å². The molecule has 2 aromatic carbocycles. The van der Waals surface area contributed by atoms with Crippen LogP contribution in [0.5, 0.6) is 11.8 Å². The van der Waals surface area contributed by atoms with E-state index in [1.807, 2.05) is 4.90 Å². The molecule has 3 fully saturated rings. The Bertz CT molecular complexity index is 2190. The zero-order valence-electron chi connectivity index (χ0n) is 33.2. The molecule has 0 radical (unpaired) electrons. The molecule has 1 aliphatic carbocycles. The lowest BCUT2D eigenvalue weighted by molar-refractivity contribution is 0.0512. The molecule has 1 saturated carbocycles. The van der Waals surface area contributed by atoms with Crippen molar-refractivity contribution in [1.29, 1.82) is 0 Å². The molecule has 4 aromatic rings. The molecule has 56 heavy (non-hydrogen) atoms. The number of hydrogen-bond acceptors (Lipinski definition) is 9. The third kappa shape index (κ3) is 7.02. The van der Waals surface area contributed by atoms with Gasteiger partial charge in [-0.1, -0.05) is 53.5 Å². The molecule has 2 aliphatic heterocycles. The number of fused-ring (bicyclic) bond motifs is 4. The second kappa shape index (κ2) is 15.4. The Kier molecular flexibility index (Phi) is 10.9. The van der Waals surface area contributed by atoms with E-state index in [0.717, 1.165) is 12.8 Å². The first-order valence-corrected chi connectivity index (χ1v) is 21.7. The third-order valence-corrected chi connectivity index (χ3v) is 18.6. The number of ether oxygens (including phenoxy) is 3. The lowest BCUT2D eigenvalue weighted by Crippen LogP contribution is -2.55. The van der Waals surface area contributed by atoms with Crippen LogP contribution in [0.15, 0.2) is 30.5 Å². The Labute approximate surface area is 327 Å². The van der Waals surface area contributed by atoms with Crippen LogP contribution >= 0.6 is 0 Å². The monoisotopic (exact) mass is 787 g/mol. The van der Waals surface area contributed by atoms with Crippen molar-refractivity contribution >= 4 is 41.7 Å². The SMILES string of the molecule is COCOc1cc(-c2ncc3c(N4CC5CCC(C4)N5C(=O)O)nc(OCC4(CO)CC4)nc3c2F)c2c(C#C[Si](C(C)C)(C(C)C)C(C)C)c(F)ccc2c1. The number of aliphatic hydroxyl groups excluding tert-OH is 1. The Morgan fingerprint density at radius 1 is 1.02 bits per heavy atom. The standard InChI is InChI=1S/C42H51F2N5O6Si/c1-24(2)56(25(3)4,26(5)6)15-12-31-34(43)11-8-27-16-30(55-23-53-7)17-32(35(27)31)37-36(44)38-33(18-45-37)39(47-40(46-38)54-22-42(21-50)13-14-42)48-19-28-9-10-29(20-48)49(28)41(51)52/h8,11,16-18,24-26,28-29,50H,9-10,13-14,19-23H2,1-7H3,(H,51,52). The molecule has 11 nitrogen and oxygen atoms in total. The van der Waals surface area contributed by atoms with Crippen molar-refractivity contribution in [2.45, 2.75) is 95.9 Å². The minimum absolute atomic E-state index is 0.0527. The molecule has 3 aliphatic rings. The largest absolute Gasteiger partial charge is 0.468 e. The van der Waals surface area contributed by atoms with Gasteiger partial charge in [-0.25, -0.2) is 13.6 Å². The maximum Gasteiger partial charge on any atom is 0.407 e. The number of aromatic nitrogens is 3. The average molecular weight is 788 g/mol. The number of methoxy groups -OCH3 is 1. The van der Waals surface area contributed by atoms with E-state index in [1.165, 1.54) is 24.3 Å². The highest BCUT2D eigenvalue weighted by Gasteiger charge is 2.45. The summed E-state index contributed by atoms with van der Waals surface area (Å²) in [6.07, 6.45) is 3.56. The van der Waals surface area contributed by atoms with Crippen LogP contribution in [-0.2, 0) is 4.74 Å². The zero-order valence-corrected chi connectivity index (χ0v) is 34.2. The second-order valence-corrected chi connectivity index (χ2v) is 22.2. The van der Waals surface area contributed by atoms with Gasteiger partial charge in [-0.15, -0.1) is 5.54 Å². The number of amides is 1. The van der Waals surface area contributed by atoms with Gasteiger partial charge in [-0.05, 0) is 65.9 Å². The van der Waals surface area contributed by atoms with Crippen LogP contribution in [0.2, 0.25) is 16.6 Å². The van der Waals surface area contributed by atoms with Gasteiger partial charge >= 0.3 is 12.1 Å². The molecule has 298 valence electrons. The van der Waals surface area contributed by atoms with Gasteiger partial charge in [0.05, 0.1) is 36.2 Å². The van der Waals surface area contributed by atoms with Crippen molar-refractivity contribution in [3.05, 3.63) is 47.7 Å².